The molecule has 0 aliphatic rings. The molecule has 0 N–H and O–H groups in total. The molecule has 0 unspecified atom stereocenters. The molecule has 3 rings (SSSR count). The third kappa shape index (κ3) is 7.07. The second-order valence-corrected chi connectivity index (χ2v) is 7.63. The Morgan fingerprint density at radius 1 is 0.656 bits per heavy atom. The molecular formula is C29H25F3. The quantitative estimate of drug-likeness (QED) is 0.288. The van der Waals surface area contributed by atoms with E-state index in [-0.39, 0.29) is 5.56 Å². The van der Waals surface area contributed by atoms with E-state index in [4.69, 9.17) is 0 Å². The van der Waals surface area contributed by atoms with Gasteiger partial charge in [-0.05, 0) is 60.9 Å². The van der Waals surface area contributed by atoms with Gasteiger partial charge in [0.1, 0.15) is 0 Å². The van der Waals surface area contributed by atoms with Gasteiger partial charge in [0.2, 0.25) is 0 Å². The summed E-state index contributed by atoms with van der Waals surface area (Å²) < 4.78 is 40.9. The van der Waals surface area contributed by atoms with Gasteiger partial charge in [0.25, 0.3) is 0 Å². The molecule has 3 aromatic carbocycles. The molecule has 0 spiro atoms. The third-order valence-corrected chi connectivity index (χ3v) is 5.06. The van der Waals surface area contributed by atoms with E-state index in [2.05, 4.69) is 30.6 Å². The van der Waals surface area contributed by atoms with Crippen LogP contribution in [-0.4, -0.2) is 0 Å². The fourth-order valence-electron chi connectivity index (χ4n) is 3.28. The predicted octanol–water partition coefficient (Wildman–Crippen LogP) is 7.63. The first-order valence-corrected chi connectivity index (χ1v) is 10.8. The summed E-state index contributed by atoms with van der Waals surface area (Å²) in [5.74, 6) is 11.3. The largest absolute Gasteiger partial charge is 0.417 e. The summed E-state index contributed by atoms with van der Waals surface area (Å²) in [4.78, 5) is 0. The summed E-state index contributed by atoms with van der Waals surface area (Å²) in [6.45, 7) is 2.18. The average Bonchev–Trinajstić information content (AvgIpc) is 2.80. The minimum absolute atomic E-state index is 0.0496. The van der Waals surface area contributed by atoms with Crippen LogP contribution in [0, 0.1) is 23.7 Å². The Hall–Kier alpha value is -3.43. The van der Waals surface area contributed by atoms with Crippen LogP contribution in [0.1, 0.15) is 66.0 Å². The van der Waals surface area contributed by atoms with Crippen molar-refractivity contribution in [3.05, 3.63) is 106 Å². The molecule has 0 aliphatic heterocycles. The van der Waals surface area contributed by atoms with E-state index in [9.17, 15) is 13.2 Å². The van der Waals surface area contributed by atoms with E-state index in [1.165, 1.54) is 30.9 Å². The second kappa shape index (κ2) is 11.3. The van der Waals surface area contributed by atoms with E-state index in [1.54, 1.807) is 6.07 Å². The summed E-state index contributed by atoms with van der Waals surface area (Å²) in [5, 5.41) is 0. The number of hydrogen-bond donors (Lipinski definition) is 0. The molecule has 3 heteroatoms. The topological polar surface area (TPSA) is 0 Å². The van der Waals surface area contributed by atoms with Crippen molar-refractivity contribution in [2.24, 2.45) is 0 Å². The maximum Gasteiger partial charge on any atom is 0.417 e. The van der Waals surface area contributed by atoms with Gasteiger partial charge in [-0.3, -0.25) is 0 Å². The Bertz CT molecular complexity index is 1130. The van der Waals surface area contributed by atoms with Crippen molar-refractivity contribution in [1.82, 2.24) is 0 Å². The summed E-state index contributed by atoms with van der Waals surface area (Å²) in [7, 11) is 0. The van der Waals surface area contributed by atoms with Gasteiger partial charge >= 0.3 is 6.18 Å². The molecule has 0 aromatic heterocycles. The number of unbranched alkanes of at least 4 members (excludes halogenated alkanes) is 3. The minimum atomic E-state index is -4.50. The zero-order chi connectivity index (χ0) is 22.8. The molecule has 0 aliphatic carbocycles. The Balaban J connectivity index is 1.78. The fraction of sp³-hybridized carbons (Fsp3) is 0.241. The lowest BCUT2D eigenvalue weighted by molar-refractivity contribution is -0.137. The summed E-state index contributed by atoms with van der Waals surface area (Å²) in [6.07, 6.45) is 1.31. The highest BCUT2D eigenvalue weighted by Crippen LogP contribution is 2.32. The normalized spacial score (nSPS) is 10.6. The van der Waals surface area contributed by atoms with Crippen molar-refractivity contribution in [3.8, 4) is 23.7 Å². The van der Waals surface area contributed by atoms with Crippen molar-refractivity contribution in [2.45, 2.75) is 45.2 Å². The van der Waals surface area contributed by atoms with Gasteiger partial charge in [-0.15, -0.1) is 0 Å². The molecule has 0 nitrogen and oxygen atoms in total. The Labute approximate surface area is 188 Å². The van der Waals surface area contributed by atoms with Crippen LogP contribution in [0.15, 0.2) is 72.8 Å². The molecule has 0 amide bonds. The molecular weight excluding hydrogens is 405 g/mol. The van der Waals surface area contributed by atoms with Crippen LogP contribution in [0.3, 0.4) is 0 Å². The molecule has 0 heterocycles. The number of benzene rings is 3. The number of rotatable bonds is 5. The molecule has 0 saturated carbocycles. The highest BCUT2D eigenvalue weighted by atomic mass is 19.4. The zero-order valence-electron chi connectivity index (χ0n) is 18.1. The maximum atomic E-state index is 13.6. The van der Waals surface area contributed by atoms with Crippen LogP contribution in [0.5, 0.6) is 0 Å². The Morgan fingerprint density at radius 2 is 1.28 bits per heavy atom. The van der Waals surface area contributed by atoms with E-state index in [0.29, 0.717) is 11.1 Å². The Kier molecular flexibility index (Phi) is 8.18. The average molecular weight is 431 g/mol. The lowest BCUT2D eigenvalue weighted by Crippen LogP contribution is -2.08. The standard InChI is InChI=1S/C29H25F3/c1-2-3-4-6-11-24-12-14-25(15-13-24)18-20-27-21-19-26(22-28(27)29(30,31)32)17-16-23-9-7-5-8-10-23/h5,7-10,12-15,19,21-22H,2-4,6,11H2,1H3. The molecule has 0 atom stereocenters. The Morgan fingerprint density at radius 3 is 1.97 bits per heavy atom. The van der Waals surface area contributed by atoms with E-state index < -0.39 is 11.7 Å². The van der Waals surface area contributed by atoms with Gasteiger partial charge in [0.05, 0.1) is 5.56 Å². The molecule has 0 radical (unpaired) electrons. The maximum absolute atomic E-state index is 13.6. The van der Waals surface area contributed by atoms with Crippen molar-refractivity contribution >= 4 is 0 Å². The van der Waals surface area contributed by atoms with Crippen molar-refractivity contribution < 1.29 is 13.2 Å². The van der Waals surface area contributed by atoms with Crippen LogP contribution >= 0.6 is 0 Å². The second-order valence-electron chi connectivity index (χ2n) is 7.63. The van der Waals surface area contributed by atoms with Gasteiger partial charge in [0.15, 0.2) is 0 Å². The summed E-state index contributed by atoms with van der Waals surface area (Å²) >= 11 is 0. The highest BCUT2D eigenvalue weighted by molar-refractivity contribution is 5.52. The van der Waals surface area contributed by atoms with Crippen LogP contribution in [-0.2, 0) is 12.6 Å². The first kappa shape index (κ1) is 23.2. The van der Waals surface area contributed by atoms with Crippen LogP contribution in [0.4, 0.5) is 13.2 Å². The van der Waals surface area contributed by atoms with Crippen LogP contribution in [0.25, 0.3) is 0 Å². The lowest BCUT2D eigenvalue weighted by atomic mass is 10.0. The molecule has 162 valence electrons. The van der Waals surface area contributed by atoms with Crippen molar-refractivity contribution in [3.63, 3.8) is 0 Å². The number of alkyl halides is 3. The number of halogens is 3. The van der Waals surface area contributed by atoms with Gasteiger partial charge in [0, 0.05) is 22.3 Å². The molecule has 3 aromatic rings. The highest BCUT2D eigenvalue weighted by Gasteiger charge is 2.33. The molecule has 32 heavy (non-hydrogen) atoms. The first-order chi connectivity index (χ1) is 15.5. The van der Waals surface area contributed by atoms with Gasteiger partial charge in [-0.1, -0.05) is 80.2 Å². The van der Waals surface area contributed by atoms with E-state index in [1.807, 2.05) is 54.6 Å². The van der Waals surface area contributed by atoms with Crippen molar-refractivity contribution in [1.29, 1.82) is 0 Å². The number of hydrogen-bond acceptors (Lipinski definition) is 0. The number of aryl methyl sites for hydroxylation is 1. The third-order valence-electron chi connectivity index (χ3n) is 5.06. The summed E-state index contributed by atoms with van der Waals surface area (Å²) in [6, 6.07) is 21.0. The molecule has 0 fully saturated rings. The van der Waals surface area contributed by atoms with Crippen LogP contribution < -0.4 is 0 Å². The monoisotopic (exact) mass is 430 g/mol. The van der Waals surface area contributed by atoms with Gasteiger partial charge in [-0.25, -0.2) is 0 Å². The fourth-order valence-corrected chi connectivity index (χ4v) is 3.28. The summed E-state index contributed by atoms with van der Waals surface area (Å²) in [5.41, 5.74) is 2.16. The van der Waals surface area contributed by atoms with E-state index >= 15 is 0 Å². The zero-order valence-corrected chi connectivity index (χ0v) is 18.1. The van der Waals surface area contributed by atoms with Gasteiger partial charge in [-0.2, -0.15) is 13.2 Å². The lowest BCUT2D eigenvalue weighted by Gasteiger charge is -2.09. The SMILES string of the molecule is CCCCCCc1ccc(C#Cc2ccc(C#Cc3ccccc3)cc2C(F)(F)F)cc1. The van der Waals surface area contributed by atoms with Gasteiger partial charge < -0.3 is 0 Å². The first-order valence-electron chi connectivity index (χ1n) is 10.8. The predicted molar refractivity (Wildman–Crippen MR) is 124 cm³/mol. The van der Waals surface area contributed by atoms with E-state index in [0.717, 1.165) is 24.5 Å². The van der Waals surface area contributed by atoms with Crippen molar-refractivity contribution in [2.75, 3.05) is 0 Å². The minimum Gasteiger partial charge on any atom is -0.166 e. The smallest absolute Gasteiger partial charge is 0.166 e. The van der Waals surface area contributed by atoms with Crippen LogP contribution in [0.2, 0.25) is 0 Å². The molecule has 0 saturated heterocycles. The molecule has 0 bridgehead atoms.